The Bertz CT molecular complexity index is 1030. The maximum absolute atomic E-state index is 12.7. The fourth-order valence-corrected chi connectivity index (χ4v) is 2.81. The molecule has 0 aliphatic heterocycles. The third kappa shape index (κ3) is 2.62. The normalized spacial score (nSPS) is 10.8. The van der Waals surface area contributed by atoms with E-state index in [9.17, 15) is 14.7 Å². The van der Waals surface area contributed by atoms with Gasteiger partial charge in [-0.25, -0.2) is 0 Å². The minimum absolute atomic E-state index is 0.0104. The summed E-state index contributed by atoms with van der Waals surface area (Å²) >= 11 is 12.0. The van der Waals surface area contributed by atoms with Gasteiger partial charge in [0.25, 0.3) is 11.5 Å². The number of carbonyl (C=O) groups is 1. The molecule has 7 heteroatoms. The van der Waals surface area contributed by atoms with Crippen LogP contribution in [0.5, 0.6) is 5.88 Å². The second-order valence-electron chi connectivity index (χ2n) is 5.16. The van der Waals surface area contributed by atoms with E-state index in [-0.39, 0.29) is 16.1 Å². The van der Waals surface area contributed by atoms with Crippen molar-refractivity contribution in [2.75, 3.05) is 5.32 Å². The quantitative estimate of drug-likeness (QED) is 0.728. The average molecular weight is 363 g/mol. The number of hydrogen-bond donors (Lipinski definition) is 2. The number of benzene rings is 2. The van der Waals surface area contributed by atoms with Crippen molar-refractivity contribution in [3.63, 3.8) is 0 Å². The van der Waals surface area contributed by atoms with E-state index in [1.54, 1.807) is 42.5 Å². The molecule has 0 saturated heterocycles. The number of hydrogen-bond acceptors (Lipinski definition) is 3. The predicted octanol–water partition coefficient (Wildman–Crippen LogP) is 3.80. The molecule has 0 unspecified atom stereocenters. The molecule has 1 aromatic heterocycles. The van der Waals surface area contributed by atoms with Crippen LogP contribution < -0.4 is 10.9 Å². The van der Waals surface area contributed by atoms with Crippen molar-refractivity contribution in [3.8, 4) is 5.88 Å². The van der Waals surface area contributed by atoms with E-state index >= 15 is 0 Å². The first kappa shape index (κ1) is 16.4. The third-order valence-corrected chi connectivity index (χ3v) is 4.52. The second kappa shape index (κ2) is 6.19. The number of nitrogens with one attached hydrogen (secondary N) is 1. The van der Waals surface area contributed by atoms with E-state index < -0.39 is 11.8 Å². The Morgan fingerprint density at radius 2 is 1.75 bits per heavy atom. The zero-order valence-electron chi connectivity index (χ0n) is 12.5. The lowest BCUT2D eigenvalue weighted by Gasteiger charge is -2.13. The number of aromatic nitrogens is 1. The van der Waals surface area contributed by atoms with Gasteiger partial charge in [-0.05, 0) is 18.2 Å². The molecule has 2 N–H and O–H groups in total. The third-order valence-electron chi connectivity index (χ3n) is 3.70. The van der Waals surface area contributed by atoms with Crippen LogP contribution in [0.15, 0.2) is 47.3 Å². The number of carbonyl (C=O) groups excluding carboxylic acids is 1. The topological polar surface area (TPSA) is 71.3 Å². The molecule has 122 valence electrons. The number of pyridine rings is 1. The summed E-state index contributed by atoms with van der Waals surface area (Å²) in [5, 5.41) is 14.1. The maximum atomic E-state index is 12.7. The van der Waals surface area contributed by atoms with Crippen molar-refractivity contribution in [2.45, 2.75) is 0 Å². The molecule has 3 aromatic rings. The summed E-state index contributed by atoms with van der Waals surface area (Å²) in [5.41, 5.74) is -0.0873. The monoisotopic (exact) mass is 362 g/mol. The first-order valence-electron chi connectivity index (χ1n) is 6.98. The van der Waals surface area contributed by atoms with Gasteiger partial charge in [-0.3, -0.25) is 14.2 Å². The number of nitrogens with zero attached hydrogens (tertiary/aromatic N) is 1. The molecule has 0 saturated carbocycles. The largest absolute Gasteiger partial charge is 0.494 e. The zero-order chi connectivity index (χ0) is 17.4. The van der Waals surface area contributed by atoms with Gasteiger partial charge in [0.2, 0.25) is 5.88 Å². The van der Waals surface area contributed by atoms with Crippen LogP contribution in [0.1, 0.15) is 10.4 Å². The van der Waals surface area contributed by atoms with Crippen LogP contribution in [0.3, 0.4) is 0 Å². The van der Waals surface area contributed by atoms with Gasteiger partial charge in [0.05, 0.1) is 15.7 Å². The van der Waals surface area contributed by atoms with Gasteiger partial charge in [0.1, 0.15) is 5.56 Å². The summed E-state index contributed by atoms with van der Waals surface area (Å²) in [6.45, 7) is 0. The molecule has 0 aliphatic carbocycles. The van der Waals surface area contributed by atoms with Gasteiger partial charge in [0.15, 0.2) is 0 Å². The standard InChI is InChI=1S/C17H12Cl2N2O3/c1-21-16(23)10-6-3-2-5-9(10)13(17(21)24)15(22)20-12-8-4-7-11(18)14(12)19/h2-8,24H,1H3,(H,20,22). The SMILES string of the molecule is Cn1c(O)c(C(=O)Nc2cccc(Cl)c2Cl)c2ccccc2c1=O. The predicted molar refractivity (Wildman–Crippen MR) is 95.3 cm³/mol. The zero-order valence-corrected chi connectivity index (χ0v) is 14.0. The lowest BCUT2D eigenvalue weighted by molar-refractivity contribution is 0.102. The highest BCUT2D eigenvalue weighted by Crippen LogP contribution is 2.31. The number of amides is 1. The molecule has 1 heterocycles. The first-order chi connectivity index (χ1) is 11.4. The molecule has 0 radical (unpaired) electrons. The van der Waals surface area contributed by atoms with E-state index in [0.717, 1.165) is 4.57 Å². The molecule has 0 spiro atoms. The van der Waals surface area contributed by atoms with Crippen LogP contribution in [0.2, 0.25) is 10.0 Å². The Kier molecular flexibility index (Phi) is 4.22. The van der Waals surface area contributed by atoms with E-state index in [2.05, 4.69) is 5.32 Å². The van der Waals surface area contributed by atoms with Crippen molar-refractivity contribution < 1.29 is 9.90 Å². The number of halogens is 2. The summed E-state index contributed by atoms with van der Waals surface area (Å²) in [6, 6.07) is 11.4. The van der Waals surface area contributed by atoms with E-state index in [4.69, 9.17) is 23.2 Å². The van der Waals surface area contributed by atoms with E-state index in [1.807, 2.05) is 0 Å². The highest BCUT2D eigenvalue weighted by Gasteiger charge is 2.21. The van der Waals surface area contributed by atoms with Crippen LogP contribution in [-0.2, 0) is 7.05 Å². The molecule has 5 nitrogen and oxygen atoms in total. The van der Waals surface area contributed by atoms with E-state index in [1.165, 1.54) is 7.05 Å². The van der Waals surface area contributed by atoms with Crippen LogP contribution in [-0.4, -0.2) is 15.6 Å². The van der Waals surface area contributed by atoms with Gasteiger partial charge in [-0.2, -0.15) is 0 Å². The second-order valence-corrected chi connectivity index (χ2v) is 5.95. The van der Waals surface area contributed by atoms with Gasteiger partial charge < -0.3 is 10.4 Å². The molecular weight excluding hydrogens is 351 g/mol. The highest BCUT2D eigenvalue weighted by atomic mass is 35.5. The van der Waals surface area contributed by atoms with Gasteiger partial charge in [-0.1, -0.05) is 47.5 Å². The molecule has 3 rings (SSSR count). The first-order valence-corrected chi connectivity index (χ1v) is 7.73. The van der Waals surface area contributed by atoms with Crippen molar-refractivity contribution >= 4 is 45.6 Å². The van der Waals surface area contributed by atoms with Gasteiger partial charge in [0, 0.05) is 17.8 Å². The van der Waals surface area contributed by atoms with E-state index in [0.29, 0.717) is 21.5 Å². The Morgan fingerprint density at radius 1 is 1.08 bits per heavy atom. The molecule has 0 bridgehead atoms. The van der Waals surface area contributed by atoms with Crippen molar-refractivity contribution in [1.29, 1.82) is 0 Å². The maximum Gasteiger partial charge on any atom is 0.261 e. The van der Waals surface area contributed by atoms with Crippen LogP contribution >= 0.6 is 23.2 Å². The Morgan fingerprint density at radius 3 is 2.46 bits per heavy atom. The number of fused-ring (bicyclic) bond motifs is 1. The summed E-state index contributed by atoms with van der Waals surface area (Å²) in [5.74, 6) is -1.02. The molecule has 0 atom stereocenters. The number of rotatable bonds is 2. The van der Waals surface area contributed by atoms with Crippen LogP contribution in [0.25, 0.3) is 10.8 Å². The molecule has 2 aromatic carbocycles. The Balaban J connectivity index is 2.17. The van der Waals surface area contributed by atoms with Gasteiger partial charge >= 0.3 is 0 Å². The summed E-state index contributed by atoms with van der Waals surface area (Å²) < 4.78 is 1.02. The van der Waals surface area contributed by atoms with Crippen molar-refractivity contribution in [2.24, 2.45) is 7.05 Å². The molecular formula is C17H12Cl2N2O3. The lowest BCUT2D eigenvalue weighted by Crippen LogP contribution is -2.22. The summed E-state index contributed by atoms with van der Waals surface area (Å²) in [7, 11) is 1.40. The van der Waals surface area contributed by atoms with Gasteiger partial charge in [-0.15, -0.1) is 0 Å². The molecule has 0 fully saturated rings. The molecule has 24 heavy (non-hydrogen) atoms. The van der Waals surface area contributed by atoms with Crippen LogP contribution in [0.4, 0.5) is 5.69 Å². The van der Waals surface area contributed by atoms with Crippen molar-refractivity contribution in [1.82, 2.24) is 4.57 Å². The smallest absolute Gasteiger partial charge is 0.261 e. The average Bonchev–Trinajstić information content (AvgIpc) is 2.57. The fourth-order valence-electron chi connectivity index (χ4n) is 2.46. The number of aromatic hydroxyl groups is 1. The van der Waals surface area contributed by atoms with Crippen LogP contribution in [0, 0.1) is 0 Å². The highest BCUT2D eigenvalue weighted by molar-refractivity contribution is 6.44. The minimum Gasteiger partial charge on any atom is -0.494 e. The minimum atomic E-state index is -0.594. The lowest BCUT2D eigenvalue weighted by atomic mass is 10.1. The summed E-state index contributed by atoms with van der Waals surface area (Å²) in [6.07, 6.45) is 0. The number of anilines is 1. The Hall–Kier alpha value is -2.50. The molecule has 1 amide bonds. The Labute approximate surface area is 147 Å². The van der Waals surface area contributed by atoms with Crippen molar-refractivity contribution in [3.05, 3.63) is 68.4 Å². The molecule has 0 aliphatic rings. The summed E-state index contributed by atoms with van der Waals surface area (Å²) in [4.78, 5) is 24.9. The fraction of sp³-hybridized carbons (Fsp3) is 0.0588.